The summed E-state index contributed by atoms with van der Waals surface area (Å²) in [5.41, 5.74) is -0.221. The fraction of sp³-hybridized carbons (Fsp3) is 0.636. The molecule has 1 heterocycles. The van der Waals surface area contributed by atoms with Gasteiger partial charge in [-0.05, 0) is 13.3 Å². The lowest BCUT2D eigenvalue weighted by molar-refractivity contribution is -0.140. The highest BCUT2D eigenvalue weighted by molar-refractivity contribution is 9.09. The molecule has 1 rings (SSSR count). The fourth-order valence-electron chi connectivity index (χ4n) is 1.69. The summed E-state index contributed by atoms with van der Waals surface area (Å²) in [6.45, 7) is 3.78. The zero-order valence-corrected chi connectivity index (χ0v) is 10.7. The van der Waals surface area contributed by atoms with E-state index in [1.807, 2.05) is 0 Å². The third-order valence-corrected chi connectivity index (χ3v) is 3.45. The Labute approximate surface area is 98.4 Å². The second kappa shape index (κ2) is 4.92. The third-order valence-electron chi connectivity index (χ3n) is 2.85. The van der Waals surface area contributed by atoms with Crippen LogP contribution < -0.4 is 5.32 Å². The first kappa shape index (κ1) is 12.4. The molecule has 3 nitrogen and oxygen atoms in total. The SMILES string of the molecule is CCCCC1(C)C(=O)NC=C(CBr)C1=O. The zero-order valence-electron chi connectivity index (χ0n) is 9.10. The van der Waals surface area contributed by atoms with Crippen LogP contribution in [0, 0.1) is 5.41 Å². The van der Waals surface area contributed by atoms with E-state index >= 15 is 0 Å². The van der Waals surface area contributed by atoms with Gasteiger partial charge in [-0.1, -0.05) is 35.7 Å². The molecule has 1 amide bonds. The molecule has 0 aliphatic carbocycles. The number of rotatable bonds is 4. The van der Waals surface area contributed by atoms with Crippen LogP contribution in [-0.2, 0) is 9.59 Å². The first-order valence-electron chi connectivity index (χ1n) is 5.17. The number of Topliss-reactive ketones (excluding diaryl/α,β-unsaturated/α-hetero) is 1. The molecular weight excluding hydrogens is 258 g/mol. The van der Waals surface area contributed by atoms with E-state index in [4.69, 9.17) is 0 Å². The van der Waals surface area contributed by atoms with Crippen molar-refractivity contribution in [3.63, 3.8) is 0 Å². The van der Waals surface area contributed by atoms with E-state index in [0.717, 1.165) is 12.8 Å². The summed E-state index contributed by atoms with van der Waals surface area (Å²) >= 11 is 3.25. The Morgan fingerprint density at radius 2 is 2.13 bits per heavy atom. The van der Waals surface area contributed by atoms with Crippen molar-refractivity contribution in [2.75, 3.05) is 5.33 Å². The molecule has 1 atom stereocenters. The number of ketones is 1. The van der Waals surface area contributed by atoms with Crippen molar-refractivity contribution < 1.29 is 9.59 Å². The molecule has 0 aromatic heterocycles. The van der Waals surface area contributed by atoms with E-state index in [9.17, 15) is 9.59 Å². The lowest BCUT2D eigenvalue weighted by atomic mass is 9.76. The van der Waals surface area contributed by atoms with E-state index < -0.39 is 5.41 Å². The predicted octanol–water partition coefficient (Wildman–Crippen LogP) is 2.16. The first-order chi connectivity index (χ1) is 7.06. The van der Waals surface area contributed by atoms with E-state index in [0.29, 0.717) is 17.3 Å². The molecule has 0 aromatic rings. The van der Waals surface area contributed by atoms with Crippen LogP contribution in [0.15, 0.2) is 11.8 Å². The largest absolute Gasteiger partial charge is 0.331 e. The summed E-state index contributed by atoms with van der Waals surface area (Å²) in [6.07, 6.45) is 4.01. The topological polar surface area (TPSA) is 46.2 Å². The molecule has 1 N–H and O–H groups in total. The van der Waals surface area contributed by atoms with Gasteiger partial charge >= 0.3 is 0 Å². The minimum Gasteiger partial charge on any atom is -0.331 e. The highest BCUT2D eigenvalue weighted by atomic mass is 79.9. The summed E-state index contributed by atoms with van der Waals surface area (Å²) in [5, 5.41) is 3.16. The summed E-state index contributed by atoms with van der Waals surface area (Å²) in [5.74, 6) is -0.220. The van der Waals surface area contributed by atoms with Gasteiger partial charge in [0.15, 0.2) is 5.78 Å². The number of carbonyl (C=O) groups excluding carboxylic acids is 2. The minimum absolute atomic E-state index is 0.0448. The highest BCUT2D eigenvalue weighted by Gasteiger charge is 2.43. The van der Waals surface area contributed by atoms with Gasteiger partial charge in [0.1, 0.15) is 5.41 Å². The smallest absolute Gasteiger partial charge is 0.237 e. The van der Waals surface area contributed by atoms with Gasteiger partial charge in [-0.3, -0.25) is 9.59 Å². The molecule has 1 aliphatic heterocycles. The van der Waals surface area contributed by atoms with Crippen molar-refractivity contribution in [2.45, 2.75) is 33.1 Å². The van der Waals surface area contributed by atoms with Gasteiger partial charge in [-0.2, -0.15) is 0 Å². The lowest BCUT2D eigenvalue weighted by Gasteiger charge is -2.30. The summed E-state index contributed by atoms with van der Waals surface area (Å²) in [4.78, 5) is 23.7. The van der Waals surface area contributed by atoms with Crippen LogP contribution in [0.2, 0.25) is 0 Å². The number of halogens is 1. The lowest BCUT2D eigenvalue weighted by Crippen LogP contribution is -2.47. The van der Waals surface area contributed by atoms with Crippen LogP contribution in [-0.4, -0.2) is 17.0 Å². The minimum atomic E-state index is -0.867. The van der Waals surface area contributed by atoms with Crippen LogP contribution in [0.1, 0.15) is 33.1 Å². The molecule has 84 valence electrons. The molecule has 0 spiro atoms. The van der Waals surface area contributed by atoms with Crippen molar-refractivity contribution in [3.8, 4) is 0 Å². The number of alkyl halides is 1. The van der Waals surface area contributed by atoms with Crippen LogP contribution >= 0.6 is 15.9 Å². The maximum absolute atomic E-state index is 12.0. The average Bonchev–Trinajstić information content (AvgIpc) is 2.24. The van der Waals surface area contributed by atoms with Gasteiger partial charge < -0.3 is 5.32 Å². The van der Waals surface area contributed by atoms with Crippen molar-refractivity contribution in [3.05, 3.63) is 11.8 Å². The summed E-state index contributed by atoms with van der Waals surface area (Å²) < 4.78 is 0. The third kappa shape index (κ3) is 2.30. The molecule has 0 saturated heterocycles. The van der Waals surface area contributed by atoms with E-state index in [1.165, 1.54) is 6.20 Å². The van der Waals surface area contributed by atoms with Gasteiger partial charge in [0, 0.05) is 17.1 Å². The number of allylic oxidation sites excluding steroid dienone is 1. The van der Waals surface area contributed by atoms with Crippen molar-refractivity contribution >= 4 is 27.6 Å². The highest BCUT2D eigenvalue weighted by Crippen LogP contribution is 2.31. The Morgan fingerprint density at radius 1 is 1.47 bits per heavy atom. The predicted molar refractivity (Wildman–Crippen MR) is 62.7 cm³/mol. The molecule has 0 aromatic carbocycles. The molecule has 0 saturated carbocycles. The molecule has 0 bridgehead atoms. The monoisotopic (exact) mass is 273 g/mol. The van der Waals surface area contributed by atoms with Crippen molar-refractivity contribution in [1.29, 1.82) is 0 Å². The number of hydrogen-bond donors (Lipinski definition) is 1. The van der Waals surface area contributed by atoms with E-state index in [1.54, 1.807) is 6.92 Å². The second-order valence-electron chi connectivity index (χ2n) is 4.04. The molecule has 1 unspecified atom stereocenters. The average molecular weight is 274 g/mol. The number of nitrogens with one attached hydrogen (secondary N) is 1. The van der Waals surface area contributed by atoms with E-state index in [2.05, 4.69) is 28.2 Å². The quantitative estimate of drug-likeness (QED) is 0.630. The van der Waals surface area contributed by atoms with Crippen LogP contribution in [0.25, 0.3) is 0 Å². The number of amides is 1. The Morgan fingerprint density at radius 3 is 2.67 bits per heavy atom. The Kier molecular flexibility index (Phi) is 4.08. The maximum Gasteiger partial charge on any atom is 0.237 e. The van der Waals surface area contributed by atoms with Crippen molar-refractivity contribution in [1.82, 2.24) is 5.32 Å². The van der Waals surface area contributed by atoms with Gasteiger partial charge in [0.25, 0.3) is 0 Å². The summed E-state index contributed by atoms with van der Waals surface area (Å²) in [6, 6.07) is 0. The van der Waals surface area contributed by atoms with Gasteiger partial charge in [0.05, 0.1) is 0 Å². The molecule has 15 heavy (non-hydrogen) atoms. The summed E-state index contributed by atoms with van der Waals surface area (Å²) in [7, 11) is 0. The number of hydrogen-bond acceptors (Lipinski definition) is 2. The molecule has 4 heteroatoms. The van der Waals surface area contributed by atoms with Gasteiger partial charge in [0.2, 0.25) is 5.91 Å². The number of carbonyl (C=O) groups is 2. The van der Waals surface area contributed by atoms with Crippen molar-refractivity contribution in [2.24, 2.45) is 5.41 Å². The van der Waals surface area contributed by atoms with E-state index in [-0.39, 0.29) is 11.7 Å². The maximum atomic E-state index is 12.0. The first-order valence-corrected chi connectivity index (χ1v) is 6.29. The fourth-order valence-corrected chi connectivity index (χ4v) is 2.11. The molecule has 1 aliphatic rings. The zero-order chi connectivity index (χ0) is 11.5. The Balaban J connectivity index is 2.91. The second-order valence-corrected chi connectivity index (χ2v) is 4.60. The van der Waals surface area contributed by atoms with Crippen LogP contribution in [0.4, 0.5) is 0 Å². The van der Waals surface area contributed by atoms with Gasteiger partial charge in [-0.25, -0.2) is 0 Å². The van der Waals surface area contributed by atoms with Gasteiger partial charge in [-0.15, -0.1) is 0 Å². The standard InChI is InChI=1S/C11H16BrNO2/c1-3-4-5-11(2)9(14)8(6-12)7-13-10(11)15/h7H,3-6H2,1-2H3,(H,13,15). The normalized spacial score (nSPS) is 26.2. The number of unbranched alkanes of at least 4 members (excludes halogenated alkanes) is 1. The Hall–Kier alpha value is -0.640. The Bertz CT molecular complexity index is 312. The molecular formula is C11H16BrNO2. The molecule has 0 fully saturated rings. The van der Waals surface area contributed by atoms with Crippen LogP contribution in [0.5, 0.6) is 0 Å². The van der Waals surface area contributed by atoms with Crippen LogP contribution in [0.3, 0.4) is 0 Å². The molecule has 0 radical (unpaired) electrons.